The largest absolute Gasteiger partial charge is 0.490 e. The summed E-state index contributed by atoms with van der Waals surface area (Å²) in [5.74, 6) is -1.91. The molecule has 0 aliphatic carbocycles. The highest BCUT2D eigenvalue weighted by Gasteiger charge is 2.38. The molecule has 6 rings (SSSR count). The lowest BCUT2D eigenvalue weighted by atomic mass is 9.96. The molecule has 1 amide bonds. The Kier molecular flexibility index (Phi) is 10.9. The van der Waals surface area contributed by atoms with E-state index in [4.69, 9.17) is 25.8 Å². The van der Waals surface area contributed by atoms with Gasteiger partial charge >= 0.3 is 18.2 Å². The van der Waals surface area contributed by atoms with Crippen LogP contribution < -0.4 is 15.5 Å². The van der Waals surface area contributed by atoms with Crippen LogP contribution >= 0.6 is 45.2 Å². The number of hydrogen-bond donors (Lipinski definition) is 3. The van der Waals surface area contributed by atoms with Crippen LogP contribution in [0.4, 0.5) is 29.3 Å². The average molecular weight is 874 g/mol. The van der Waals surface area contributed by atoms with Crippen molar-refractivity contribution in [2.45, 2.75) is 58.2 Å². The van der Waals surface area contributed by atoms with Crippen molar-refractivity contribution in [1.82, 2.24) is 0 Å². The van der Waals surface area contributed by atoms with Gasteiger partial charge in [0.25, 0.3) is 0 Å². The van der Waals surface area contributed by atoms with E-state index in [1.54, 1.807) is 4.90 Å². The Morgan fingerprint density at radius 1 is 0.809 bits per heavy atom. The maximum absolute atomic E-state index is 12.5. The molecule has 0 saturated heterocycles. The molecule has 13 heteroatoms. The highest BCUT2D eigenvalue weighted by molar-refractivity contribution is 14.1. The van der Waals surface area contributed by atoms with Gasteiger partial charge in [-0.3, -0.25) is 10.3 Å². The molecule has 4 aromatic carbocycles. The average Bonchev–Trinajstić information content (AvgIpc) is 3.50. The standard InChI is InChI=1S/C18H20INO2.C14H14IN3.C2HF3O2/c1-11-10-20(17(21)22-18(2,3)4)15-9-8-12-13(16(11)15)6-5-7-14(12)19;1-8-7-18(14(16)17)12-6-5-9-10(13(8)12)3-2-4-11(9)15;3-2(4,5)1(6)7/h5-9,11H,10H2,1-4H3;2-6,8H,7H2,1H3,(H3,16,17);(H,6,7). The maximum atomic E-state index is 12.5. The Morgan fingerprint density at radius 2 is 1.21 bits per heavy atom. The first kappa shape index (κ1) is 36.5. The van der Waals surface area contributed by atoms with Crippen LogP contribution in [0.15, 0.2) is 60.7 Å². The molecule has 0 radical (unpaired) electrons. The predicted molar refractivity (Wildman–Crippen MR) is 197 cm³/mol. The first-order chi connectivity index (χ1) is 21.8. The minimum atomic E-state index is -5.08. The number of nitrogens with two attached hydrogens (primary N) is 1. The molecule has 8 nitrogen and oxygen atoms in total. The van der Waals surface area contributed by atoms with Crippen LogP contribution in [0.25, 0.3) is 21.5 Å². The fraction of sp³-hybridized carbons (Fsp3) is 0.324. The van der Waals surface area contributed by atoms with Gasteiger partial charge in [0, 0.05) is 37.8 Å². The molecule has 4 N–H and O–H groups in total. The fourth-order valence-corrected chi connectivity index (χ4v) is 7.17. The number of ether oxygens (including phenoxy) is 1. The quantitative estimate of drug-likeness (QED) is 0.0922. The Labute approximate surface area is 298 Å². The van der Waals surface area contributed by atoms with Gasteiger partial charge in [-0.15, -0.1) is 0 Å². The second kappa shape index (κ2) is 14.0. The predicted octanol–water partition coefficient (Wildman–Crippen LogP) is 9.20. The van der Waals surface area contributed by atoms with E-state index in [0.29, 0.717) is 18.4 Å². The number of anilines is 2. The number of nitrogens with one attached hydrogen (secondary N) is 1. The van der Waals surface area contributed by atoms with E-state index in [-0.39, 0.29) is 12.1 Å². The zero-order valence-electron chi connectivity index (χ0n) is 26.4. The summed E-state index contributed by atoms with van der Waals surface area (Å²) >= 11 is 4.73. The number of carbonyl (C=O) groups is 2. The van der Waals surface area contributed by atoms with Crippen molar-refractivity contribution in [2.75, 3.05) is 22.9 Å². The summed E-state index contributed by atoms with van der Waals surface area (Å²) in [6, 6.07) is 21.1. The number of hydrogen-bond acceptors (Lipinski definition) is 4. The number of alkyl halides is 3. The summed E-state index contributed by atoms with van der Waals surface area (Å²) < 4.78 is 39.8. The Hall–Kier alpha value is -3.34. The normalized spacial score (nSPS) is 16.9. The van der Waals surface area contributed by atoms with Gasteiger partial charge in [-0.2, -0.15) is 13.2 Å². The van der Waals surface area contributed by atoms with Crippen molar-refractivity contribution in [2.24, 2.45) is 5.73 Å². The third-order valence-corrected chi connectivity index (χ3v) is 9.56. The first-order valence-corrected chi connectivity index (χ1v) is 16.8. The molecule has 0 fully saturated rings. The molecular weight excluding hydrogens is 839 g/mol. The van der Waals surface area contributed by atoms with Crippen molar-refractivity contribution in [3.63, 3.8) is 0 Å². The lowest BCUT2D eigenvalue weighted by molar-refractivity contribution is -0.192. The molecule has 47 heavy (non-hydrogen) atoms. The Bertz CT molecular complexity index is 1860. The number of carboxylic acid groups (broad SMARTS) is 1. The number of halogens is 5. The van der Waals surface area contributed by atoms with Crippen molar-refractivity contribution in [3.8, 4) is 0 Å². The SMILES string of the molecule is CC1CN(C(=N)N)c2ccc3c(I)cccc3c21.CC1CN(C(=O)OC(C)(C)C)c2ccc3c(I)cccc3c21.O=C(O)C(F)(F)F. The van der Waals surface area contributed by atoms with E-state index in [1.807, 2.05) is 31.7 Å². The molecule has 0 spiro atoms. The first-order valence-electron chi connectivity index (χ1n) is 14.7. The molecule has 0 bridgehead atoms. The summed E-state index contributed by atoms with van der Waals surface area (Å²) in [7, 11) is 0. The van der Waals surface area contributed by atoms with E-state index in [9.17, 15) is 18.0 Å². The second-order valence-electron chi connectivity index (χ2n) is 12.4. The number of carbonyl (C=O) groups excluding carboxylic acids is 1. The molecule has 0 saturated carbocycles. The zero-order chi connectivity index (χ0) is 35.0. The summed E-state index contributed by atoms with van der Waals surface area (Å²) in [6.45, 7) is 11.5. The number of carboxylic acids is 1. The van der Waals surface area contributed by atoms with Crippen molar-refractivity contribution in [1.29, 1.82) is 5.41 Å². The molecule has 2 atom stereocenters. The number of nitrogens with zero attached hydrogens (tertiary/aromatic N) is 2. The lowest BCUT2D eigenvalue weighted by Crippen LogP contribution is -2.36. The van der Waals surface area contributed by atoms with Crippen LogP contribution in [-0.2, 0) is 9.53 Å². The van der Waals surface area contributed by atoms with Gasteiger partial charge in [0.05, 0.1) is 5.69 Å². The monoisotopic (exact) mass is 874 g/mol. The fourth-order valence-electron chi connectivity index (χ4n) is 5.81. The van der Waals surface area contributed by atoms with E-state index in [2.05, 4.69) is 114 Å². The van der Waals surface area contributed by atoms with Crippen LogP contribution in [0.5, 0.6) is 0 Å². The van der Waals surface area contributed by atoms with E-state index in [0.717, 1.165) is 17.9 Å². The molecule has 0 aromatic heterocycles. The minimum Gasteiger partial charge on any atom is -0.475 e. The maximum Gasteiger partial charge on any atom is 0.490 e. The minimum absolute atomic E-state index is 0.130. The number of guanidine groups is 1. The number of benzene rings is 4. The molecule has 2 aliphatic heterocycles. The molecule has 2 heterocycles. The highest BCUT2D eigenvalue weighted by atomic mass is 127. The number of rotatable bonds is 0. The molecule has 2 unspecified atom stereocenters. The molecule has 2 aliphatic rings. The van der Waals surface area contributed by atoms with Gasteiger partial charge in [0.2, 0.25) is 0 Å². The molecular formula is C34H35F3I2N4O4. The van der Waals surface area contributed by atoms with E-state index >= 15 is 0 Å². The van der Waals surface area contributed by atoms with Gasteiger partial charge in [-0.05, 0) is 123 Å². The van der Waals surface area contributed by atoms with Crippen LogP contribution in [0.3, 0.4) is 0 Å². The smallest absolute Gasteiger partial charge is 0.475 e. The zero-order valence-corrected chi connectivity index (χ0v) is 30.7. The van der Waals surface area contributed by atoms with Gasteiger partial charge in [0.1, 0.15) is 5.60 Å². The summed E-state index contributed by atoms with van der Waals surface area (Å²) in [5, 5.41) is 19.9. The van der Waals surface area contributed by atoms with Crippen LogP contribution in [0, 0.1) is 12.5 Å². The topological polar surface area (TPSA) is 120 Å². The van der Waals surface area contributed by atoms with Crippen LogP contribution in [0.1, 0.15) is 57.6 Å². The highest BCUT2D eigenvalue weighted by Crippen LogP contribution is 2.43. The number of amides is 1. The van der Waals surface area contributed by atoms with Crippen molar-refractivity contribution in [3.05, 3.63) is 78.9 Å². The number of aliphatic carboxylic acids is 1. The van der Waals surface area contributed by atoms with Crippen LogP contribution in [0.2, 0.25) is 0 Å². The van der Waals surface area contributed by atoms with Gasteiger partial charge in [-0.1, -0.05) is 50.2 Å². The number of fused-ring (bicyclic) bond motifs is 6. The van der Waals surface area contributed by atoms with Gasteiger partial charge < -0.3 is 20.5 Å². The Morgan fingerprint density at radius 3 is 1.60 bits per heavy atom. The van der Waals surface area contributed by atoms with Gasteiger partial charge in [0.15, 0.2) is 5.96 Å². The summed E-state index contributed by atoms with van der Waals surface area (Å²) in [4.78, 5) is 25.0. The Balaban J connectivity index is 0.000000180. The second-order valence-corrected chi connectivity index (χ2v) is 14.7. The van der Waals surface area contributed by atoms with E-state index in [1.165, 1.54) is 39.8 Å². The lowest BCUT2D eigenvalue weighted by Gasteiger charge is -2.25. The summed E-state index contributed by atoms with van der Waals surface area (Å²) in [6.07, 6.45) is -5.34. The van der Waals surface area contributed by atoms with Crippen molar-refractivity contribution >= 4 is 96.1 Å². The van der Waals surface area contributed by atoms with Gasteiger partial charge in [-0.25, -0.2) is 9.59 Å². The third kappa shape index (κ3) is 8.04. The third-order valence-electron chi connectivity index (χ3n) is 7.68. The van der Waals surface area contributed by atoms with Crippen LogP contribution in [-0.4, -0.2) is 48.0 Å². The molecule has 250 valence electrons. The van der Waals surface area contributed by atoms with Crippen molar-refractivity contribution < 1.29 is 32.6 Å². The van der Waals surface area contributed by atoms with E-state index < -0.39 is 17.7 Å². The molecule has 4 aromatic rings. The summed E-state index contributed by atoms with van der Waals surface area (Å²) in [5.41, 5.74) is 9.82.